The molecular formula is C27H36N2O2. The predicted octanol–water partition coefficient (Wildman–Crippen LogP) is 7.28. The Kier molecular flexibility index (Phi) is 11.7. The fourth-order valence-electron chi connectivity index (χ4n) is 3.41. The fourth-order valence-corrected chi connectivity index (χ4v) is 3.41. The molecule has 2 rings (SSSR count). The van der Waals surface area contributed by atoms with Gasteiger partial charge in [-0.15, -0.1) is 0 Å². The molecule has 0 heterocycles. The lowest BCUT2D eigenvalue weighted by molar-refractivity contribution is 0.284. The Morgan fingerprint density at radius 3 is 2.32 bits per heavy atom. The highest BCUT2D eigenvalue weighted by molar-refractivity contribution is 5.48. The van der Waals surface area contributed by atoms with Crippen molar-refractivity contribution in [1.29, 1.82) is 5.26 Å². The van der Waals surface area contributed by atoms with Crippen LogP contribution in [0.3, 0.4) is 0 Å². The molecule has 0 aliphatic carbocycles. The smallest absolute Gasteiger partial charge is 0.161 e. The Balaban J connectivity index is 1.80. The Bertz CT molecular complexity index is 825. The molecule has 1 N–H and O–H groups in total. The average molecular weight is 421 g/mol. The van der Waals surface area contributed by atoms with Crippen LogP contribution in [0.2, 0.25) is 0 Å². The minimum atomic E-state index is 0.533. The molecule has 0 unspecified atom stereocenters. The van der Waals surface area contributed by atoms with E-state index in [9.17, 15) is 5.26 Å². The number of nitrogens with zero attached hydrogens (tertiary/aromatic N) is 1. The van der Waals surface area contributed by atoms with Crippen LogP contribution in [0.1, 0.15) is 63.9 Å². The van der Waals surface area contributed by atoms with Gasteiger partial charge >= 0.3 is 0 Å². The first-order valence-corrected chi connectivity index (χ1v) is 11.5. The number of allylic oxidation sites excluding steroid dienone is 1. The van der Waals surface area contributed by atoms with Gasteiger partial charge in [0, 0.05) is 23.9 Å². The molecule has 2 aromatic carbocycles. The largest absolute Gasteiger partial charge is 0.493 e. The second-order valence-electron chi connectivity index (χ2n) is 7.78. The first-order chi connectivity index (χ1) is 15.3. The summed E-state index contributed by atoms with van der Waals surface area (Å²) in [6.45, 7) is 2.95. The van der Waals surface area contributed by atoms with Gasteiger partial charge in [-0.2, -0.15) is 5.26 Å². The molecule has 166 valence electrons. The number of nitrogens with one attached hydrogen (secondary N) is 1. The lowest BCUT2D eigenvalue weighted by atomic mass is 10.1. The van der Waals surface area contributed by atoms with Gasteiger partial charge in [-0.1, -0.05) is 76.1 Å². The van der Waals surface area contributed by atoms with E-state index in [0.29, 0.717) is 24.4 Å². The van der Waals surface area contributed by atoms with Gasteiger partial charge in [-0.3, -0.25) is 0 Å². The average Bonchev–Trinajstić information content (AvgIpc) is 2.81. The summed E-state index contributed by atoms with van der Waals surface area (Å²) in [5.74, 6) is 1.48. The number of ether oxygens (including phenoxy) is 2. The first-order valence-electron chi connectivity index (χ1n) is 11.5. The van der Waals surface area contributed by atoms with Crippen LogP contribution in [0.4, 0.5) is 5.69 Å². The summed E-state index contributed by atoms with van der Waals surface area (Å²) in [6, 6.07) is 18.0. The van der Waals surface area contributed by atoms with Crippen LogP contribution in [-0.4, -0.2) is 13.7 Å². The molecule has 31 heavy (non-hydrogen) atoms. The highest BCUT2D eigenvalue weighted by Gasteiger charge is 2.08. The van der Waals surface area contributed by atoms with Gasteiger partial charge in [0.05, 0.1) is 19.8 Å². The number of rotatable bonds is 15. The topological polar surface area (TPSA) is 54.3 Å². The highest BCUT2D eigenvalue weighted by Crippen LogP contribution is 2.29. The van der Waals surface area contributed by atoms with E-state index in [1.807, 2.05) is 48.5 Å². The molecule has 0 aromatic heterocycles. The number of hydrogen-bond donors (Lipinski definition) is 1. The van der Waals surface area contributed by atoms with Gasteiger partial charge < -0.3 is 14.8 Å². The molecule has 2 aromatic rings. The van der Waals surface area contributed by atoms with E-state index < -0.39 is 0 Å². The van der Waals surface area contributed by atoms with Crippen LogP contribution in [0.5, 0.6) is 11.5 Å². The molecule has 0 spiro atoms. The molecule has 0 bridgehead atoms. The van der Waals surface area contributed by atoms with Gasteiger partial charge in [0.15, 0.2) is 11.5 Å². The van der Waals surface area contributed by atoms with Crippen molar-refractivity contribution in [3.8, 4) is 17.6 Å². The summed E-state index contributed by atoms with van der Waals surface area (Å²) in [5.41, 5.74) is 2.62. The highest BCUT2D eigenvalue weighted by atomic mass is 16.5. The minimum Gasteiger partial charge on any atom is -0.493 e. The Morgan fingerprint density at radius 2 is 1.65 bits per heavy atom. The van der Waals surface area contributed by atoms with Crippen molar-refractivity contribution in [3.63, 3.8) is 0 Å². The van der Waals surface area contributed by atoms with Crippen LogP contribution in [0.25, 0.3) is 0 Å². The number of para-hydroxylation sites is 1. The number of methoxy groups -OCH3 is 1. The summed E-state index contributed by atoms with van der Waals surface area (Å²) in [4.78, 5) is 0. The van der Waals surface area contributed by atoms with Gasteiger partial charge in [-0.25, -0.2) is 0 Å². The number of unbranched alkanes of at least 4 members (excludes halogenated alkanes) is 7. The van der Waals surface area contributed by atoms with E-state index in [1.165, 1.54) is 44.9 Å². The molecule has 4 nitrogen and oxygen atoms in total. The summed E-state index contributed by atoms with van der Waals surface area (Å²) in [6.07, 6.45) is 12.5. The van der Waals surface area contributed by atoms with Crippen LogP contribution < -0.4 is 14.8 Å². The quantitative estimate of drug-likeness (QED) is 0.243. The normalized spacial score (nSPS) is 11.1. The Morgan fingerprint density at radius 1 is 0.935 bits per heavy atom. The molecule has 0 saturated carbocycles. The lowest BCUT2D eigenvalue weighted by Gasteiger charge is -2.12. The van der Waals surface area contributed by atoms with E-state index in [4.69, 9.17) is 9.47 Å². The van der Waals surface area contributed by atoms with Crippen LogP contribution in [0, 0.1) is 11.3 Å². The predicted molar refractivity (Wildman–Crippen MR) is 129 cm³/mol. The zero-order chi connectivity index (χ0) is 22.2. The molecule has 0 aliphatic heterocycles. The molecule has 0 atom stereocenters. The summed E-state index contributed by atoms with van der Waals surface area (Å²) in [7, 11) is 1.65. The fraction of sp³-hybridized carbons (Fsp3) is 0.444. The van der Waals surface area contributed by atoms with Crippen molar-refractivity contribution in [1.82, 2.24) is 0 Å². The standard InChI is InChI=1S/C27H36N2O2/c1-3-4-5-6-7-8-9-13-18-31-26-17-16-23(20-27(26)30-2)19-24(21-28)22-29-25-14-11-10-12-15-25/h10-12,14-17,20,22,29H,3-9,13,18-19H2,1-2H3. The molecule has 4 heteroatoms. The Labute approximate surface area is 187 Å². The third-order valence-corrected chi connectivity index (χ3v) is 5.21. The van der Waals surface area contributed by atoms with Crippen LogP contribution in [-0.2, 0) is 6.42 Å². The van der Waals surface area contributed by atoms with Gasteiger partial charge in [-0.05, 0) is 36.2 Å². The van der Waals surface area contributed by atoms with Crippen molar-refractivity contribution in [2.45, 2.75) is 64.7 Å². The maximum atomic E-state index is 9.48. The van der Waals surface area contributed by atoms with E-state index in [2.05, 4.69) is 18.3 Å². The molecular weight excluding hydrogens is 384 g/mol. The second-order valence-corrected chi connectivity index (χ2v) is 7.78. The summed E-state index contributed by atoms with van der Waals surface area (Å²) in [5, 5.41) is 12.7. The van der Waals surface area contributed by atoms with E-state index in [-0.39, 0.29) is 0 Å². The van der Waals surface area contributed by atoms with Gasteiger partial charge in [0.2, 0.25) is 0 Å². The second kappa shape index (κ2) is 15.0. The van der Waals surface area contributed by atoms with E-state index >= 15 is 0 Å². The Hall–Kier alpha value is -2.93. The maximum Gasteiger partial charge on any atom is 0.161 e. The number of anilines is 1. The van der Waals surface area contributed by atoms with E-state index in [0.717, 1.165) is 23.4 Å². The maximum absolute atomic E-state index is 9.48. The van der Waals surface area contributed by atoms with Crippen molar-refractivity contribution in [2.24, 2.45) is 0 Å². The van der Waals surface area contributed by atoms with Crippen molar-refractivity contribution >= 4 is 5.69 Å². The zero-order valence-electron chi connectivity index (χ0n) is 19.0. The molecule has 0 saturated heterocycles. The van der Waals surface area contributed by atoms with Gasteiger partial charge in [0.25, 0.3) is 0 Å². The third kappa shape index (κ3) is 9.61. The zero-order valence-corrected chi connectivity index (χ0v) is 19.0. The van der Waals surface area contributed by atoms with Crippen LogP contribution >= 0.6 is 0 Å². The summed E-state index contributed by atoms with van der Waals surface area (Å²) < 4.78 is 11.5. The molecule has 0 amide bonds. The molecule has 0 fully saturated rings. The number of hydrogen-bond acceptors (Lipinski definition) is 4. The van der Waals surface area contributed by atoms with Crippen molar-refractivity contribution < 1.29 is 9.47 Å². The SMILES string of the molecule is CCCCCCCCCCOc1ccc(CC(C#N)=CNc2ccccc2)cc1OC. The first kappa shape index (κ1) is 24.3. The van der Waals surface area contributed by atoms with E-state index in [1.54, 1.807) is 13.3 Å². The van der Waals surface area contributed by atoms with Crippen molar-refractivity contribution in [3.05, 3.63) is 65.9 Å². The third-order valence-electron chi connectivity index (χ3n) is 5.21. The lowest BCUT2D eigenvalue weighted by Crippen LogP contribution is -2.01. The monoisotopic (exact) mass is 420 g/mol. The minimum absolute atomic E-state index is 0.533. The molecule has 0 radical (unpaired) electrons. The number of nitriles is 1. The van der Waals surface area contributed by atoms with Crippen molar-refractivity contribution in [2.75, 3.05) is 19.0 Å². The number of benzene rings is 2. The molecule has 0 aliphatic rings. The van der Waals surface area contributed by atoms with Gasteiger partial charge in [0.1, 0.15) is 0 Å². The summed E-state index contributed by atoms with van der Waals surface area (Å²) >= 11 is 0. The van der Waals surface area contributed by atoms with Crippen LogP contribution in [0.15, 0.2) is 60.3 Å².